The number of rotatable bonds is 4. The quantitative estimate of drug-likeness (QED) is 0.779. The monoisotopic (exact) mass is 318 g/mol. The number of carbonyl (C=O) groups excluding carboxylic acids is 1. The fourth-order valence-electron chi connectivity index (χ4n) is 2.39. The van der Waals surface area contributed by atoms with Crippen LogP contribution in [-0.2, 0) is 0 Å². The Balaban J connectivity index is 1.76. The van der Waals surface area contributed by atoms with E-state index >= 15 is 0 Å². The standard InChI is InChI=1S/C20H18N2O2/c1-14-10-11-21-19(12-14)15-6-8-16(9-7-15)20(23)22-17-4-3-5-18(13-17)24-2/h3-13H,1-2H3,(H,22,23). The number of hydrogen-bond donors (Lipinski definition) is 1. The topological polar surface area (TPSA) is 51.2 Å². The Kier molecular flexibility index (Phi) is 4.57. The Bertz CT molecular complexity index is 858. The Labute approximate surface area is 141 Å². The van der Waals surface area contributed by atoms with Crippen LogP contribution in [0.1, 0.15) is 15.9 Å². The first kappa shape index (κ1) is 15.7. The molecule has 1 heterocycles. The van der Waals surface area contributed by atoms with Crippen LogP contribution >= 0.6 is 0 Å². The molecule has 3 aromatic rings. The number of nitrogens with one attached hydrogen (secondary N) is 1. The lowest BCUT2D eigenvalue weighted by atomic mass is 10.1. The van der Waals surface area contributed by atoms with Gasteiger partial charge in [0.1, 0.15) is 5.75 Å². The number of benzene rings is 2. The van der Waals surface area contributed by atoms with Crippen LogP contribution in [0.4, 0.5) is 5.69 Å². The number of hydrogen-bond acceptors (Lipinski definition) is 3. The Morgan fingerprint density at radius 3 is 2.54 bits per heavy atom. The fraction of sp³-hybridized carbons (Fsp3) is 0.100. The minimum absolute atomic E-state index is 0.160. The van der Waals surface area contributed by atoms with Gasteiger partial charge in [0, 0.05) is 29.1 Å². The molecule has 1 amide bonds. The van der Waals surface area contributed by atoms with Crippen LogP contribution in [-0.4, -0.2) is 18.0 Å². The molecule has 0 fully saturated rings. The zero-order valence-electron chi connectivity index (χ0n) is 13.6. The maximum Gasteiger partial charge on any atom is 0.255 e. The number of pyridine rings is 1. The van der Waals surface area contributed by atoms with E-state index in [0.29, 0.717) is 17.0 Å². The third kappa shape index (κ3) is 3.60. The van der Waals surface area contributed by atoms with E-state index in [1.807, 2.05) is 49.4 Å². The summed E-state index contributed by atoms with van der Waals surface area (Å²) in [6.07, 6.45) is 1.79. The Morgan fingerprint density at radius 2 is 1.83 bits per heavy atom. The zero-order valence-corrected chi connectivity index (χ0v) is 13.6. The van der Waals surface area contributed by atoms with Crippen LogP contribution in [0, 0.1) is 6.92 Å². The van der Waals surface area contributed by atoms with Crippen molar-refractivity contribution in [1.82, 2.24) is 4.98 Å². The van der Waals surface area contributed by atoms with E-state index in [0.717, 1.165) is 16.8 Å². The molecule has 1 N–H and O–H groups in total. The summed E-state index contributed by atoms with van der Waals surface area (Å²) in [5, 5.41) is 2.87. The van der Waals surface area contributed by atoms with Gasteiger partial charge in [0.25, 0.3) is 5.91 Å². The fourth-order valence-corrected chi connectivity index (χ4v) is 2.39. The van der Waals surface area contributed by atoms with Crippen LogP contribution in [0.2, 0.25) is 0 Å². The van der Waals surface area contributed by atoms with Crippen molar-refractivity contribution < 1.29 is 9.53 Å². The first-order chi connectivity index (χ1) is 11.7. The van der Waals surface area contributed by atoms with Gasteiger partial charge in [-0.15, -0.1) is 0 Å². The molecular formula is C20H18N2O2. The molecule has 0 aliphatic carbocycles. The molecule has 0 saturated heterocycles. The number of methoxy groups -OCH3 is 1. The van der Waals surface area contributed by atoms with Crippen molar-refractivity contribution in [2.75, 3.05) is 12.4 Å². The first-order valence-electron chi connectivity index (χ1n) is 7.64. The number of nitrogens with zero attached hydrogens (tertiary/aromatic N) is 1. The summed E-state index contributed by atoms with van der Waals surface area (Å²) in [6, 6.07) is 18.7. The van der Waals surface area contributed by atoms with Gasteiger partial charge in [0.2, 0.25) is 0 Å². The summed E-state index contributed by atoms with van der Waals surface area (Å²) in [5.74, 6) is 0.542. The molecule has 0 radical (unpaired) electrons. The molecule has 3 rings (SSSR count). The summed E-state index contributed by atoms with van der Waals surface area (Å²) < 4.78 is 5.16. The van der Waals surface area contributed by atoms with Gasteiger partial charge in [-0.1, -0.05) is 18.2 Å². The van der Waals surface area contributed by atoms with Gasteiger partial charge in [-0.25, -0.2) is 0 Å². The minimum Gasteiger partial charge on any atom is -0.497 e. The molecule has 120 valence electrons. The SMILES string of the molecule is COc1cccc(NC(=O)c2ccc(-c3cc(C)ccn3)cc2)c1. The summed E-state index contributed by atoms with van der Waals surface area (Å²) in [6.45, 7) is 2.03. The number of aryl methyl sites for hydroxylation is 1. The van der Waals surface area contributed by atoms with Gasteiger partial charge in [-0.3, -0.25) is 9.78 Å². The third-order valence-corrected chi connectivity index (χ3v) is 3.69. The van der Waals surface area contributed by atoms with E-state index in [4.69, 9.17) is 4.74 Å². The highest BCUT2D eigenvalue weighted by atomic mass is 16.5. The van der Waals surface area contributed by atoms with E-state index in [1.54, 1.807) is 31.5 Å². The van der Waals surface area contributed by atoms with Crippen molar-refractivity contribution >= 4 is 11.6 Å². The maximum atomic E-state index is 12.3. The second-order valence-electron chi connectivity index (χ2n) is 5.48. The molecule has 4 heteroatoms. The molecule has 24 heavy (non-hydrogen) atoms. The molecule has 0 aliphatic rings. The molecule has 0 atom stereocenters. The smallest absolute Gasteiger partial charge is 0.255 e. The van der Waals surface area contributed by atoms with Gasteiger partial charge in [0.15, 0.2) is 0 Å². The average Bonchev–Trinajstić information content (AvgIpc) is 2.62. The summed E-state index contributed by atoms with van der Waals surface area (Å²) in [5.41, 5.74) is 4.32. The zero-order chi connectivity index (χ0) is 16.9. The Morgan fingerprint density at radius 1 is 1.04 bits per heavy atom. The third-order valence-electron chi connectivity index (χ3n) is 3.69. The normalized spacial score (nSPS) is 10.2. The predicted molar refractivity (Wildman–Crippen MR) is 95.4 cm³/mol. The summed E-state index contributed by atoms with van der Waals surface area (Å²) in [4.78, 5) is 16.7. The molecule has 0 bridgehead atoms. The lowest BCUT2D eigenvalue weighted by Crippen LogP contribution is -2.11. The average molecular weight is 318 g/mol. The van der Waals surface area contributed by atoms with E-state index in [-0.39, 0.29) is 5.91 Å². The molecule has 0 unspecified atom stereocenters. The maximum absolute atomic E-state index is 12.3. The largest absolute Gasteiger partial charge is 0.497 e. The highest BCUT2D eigenvalue weighted by molar-refractivity contribution is 6.04. The highest BCUT2D eigenvalue weighted by Crippen LogP contribution is 2.20. The van der Waals surface area contributed by atoms with E-state index < -0.39 is 0 Å². The van der Waals surface area contributed by atoms with Crippen molar-refractivity contribution in [1.29, 1.82) is 0 Å². The van der Waals surface area contributed by atoms with Gasteiger partial charge in [-0.05, 0) is 48.9 Å². The molecule has 1 aromatic heterocycles. The second-order valence-corrected chi connectivity index (χ2v) is 5.48. The van der Waals surface area contributed by atoms with Crippen molar-refractivity contribution in [3.8, 4) is 17.0 Å². The highest BCUT2D eigenvalue weighted by Gasteiger charge is 2.07. The van der Waals surface area contributed by atoms with Gasteiger partial charge in [-0.2, -0.15) is 0 Å². The van der Waals surface area contributed by atoms with Gasteiger partial charge < -0.3 is 10.1 Å². The molecular weight excluding hydrogens is 300 g/mol. The van der Waals surface area contributed by atoms with Crippen molar-refractivity contribution in [3.63, 3.8) is 0 Å². The van der Waals surface area contributed by atoms with E-state index in [2.05, 4.69) is 10.3 Å². The number of carbonyl (C=O) groups is 1. The van der Waals surface area contributed by atoms with Crippen LogP contribution < -0.4 is 10.1 Å². The van der Waals surface area contributed by atoms with E-state index in [9.17, 15) is 4.79 Å². The van der Waals surface area contributed by atoms with Crippen molar-refractivity contribution in [3.05, 3.63) is 78.0 Å². The minimum atomic E-state index is -0.160. The molecule has 0 saturated carbocycles. The predicted octanol–water partition coefficient (Wildman–Crippen LogP) is 4.32. The van der Waals surface area contributed by atoms with Gasteiger partial charge >= 0.3 is 0 Å². The number of amides is 1. The number of anilines is 1. The van der Waals surface area contributed by atoms with Crippen LogP contribution in [0.25, 0.3) is 11.3 Å². The van der Waals surface area contributed by atoms with Crippen LogP contribution in [0.3, 0.4) is 0 Å². The summed E-state index contributed by atoms with van der Waals surface area (Å²) >= 11 is 0. The van der Waals surface area contributed by atoms with Crippen molar-refractivity contribution in [2.45, 2.75) is 6.92 Å². The van der Waals surface area contributed by atoms with Crippen LogP contribution in [0.5, 0.6) is 5.75 Å². The molecule has 4 nitrogen and oxygen atoms in total. The second kappa shape index (κ2) is 6.96. The molecule has 0 spiro atoms. The molecule has 0 aliphatic heterocycles. The first-order valence-corrected chi connectivity index (χ1v) is 7.64. The lowest BCUT2D eigenvalue weighted by Gasteiger charge is -2.08. The Hall–Kier alpha value is -3.14. The number of aromatic nitrogens is 1. The lowest BCUT2D eigenvalue weighted by molar-refractivity contribution is 0.102. The van der Waals surface area contributed by atoms with Gasteiger partial charge in [0.05, 0.1) is 12.8 Å². The van der Waals surface area contributed by atoms with Crippen LogP contribution in [0.15, 0.2) is 66.9 Å². The summed E-state index contributed by atoms with van der Waals surface area (Å²) in [7, 11) is 1.60. The van der Waals surface area contributed by atoms with E-state index in [1.165, 1.54) is 0 Å². The number of ether oxygens (including phenoxy) is 1. The van der Waals surface area contributed by atoms with Crippen molar-refractivity contribution in [2.24, 2.45) is 0 Å². The molecule has 2 aromatic carbocycles.